The molecule has 0 aromatic carbocycles. The summed E-state index contributed by atoms with van der Waals surface area (Å²) in [7, 11) is -1.13. The summed E-state index contributed by atoms with van der Waals surface area (Å²) in [5.74, 6) is -0.611. The zero-order valence-corrected chi connectivity index (χ0v) is 11.3. The Labute approximate surface area is 127 Å². The fourth-order valence-electron chi connectivity index (χ4n) is 1.69. The second-order valence-electron chi connectivity index (χ2n) is 5.48. The van der Waals surface area contributed by atoms with Crippen molar-refractivity contribution in [2.75, 3.05) is 17.9 Å². The average Bonchev–Trinajstić information content (AvgIpc) is 2.71. The molecule has 3 rings (SSSR count). The molecule has 0 atom stereocenters. The Bertz CT molecular complexity index is 813. The fourth-order valence-corrected chi connectivity index (χ4v) is 1.69. The van der Waals surface area contributed by atoms with Gasteiger partial charge in [0.25, 0.3) is 0 Å². The van der Waals surface area contributed by atoms with Crippen molar-refractivity contribution in [1.82, 2.24) is 4.98 Å². The van der Waals surface area contributed by atoms with E-state index < -0.39 is 61.8 Å². The van der Waals surface area contributed by atoms with E-state index in [0.29, 0.717) is 4.90 Å². The van der Waals surface area contributed by atoms with Crippen molar-refractivity contribution in [2.45, 2.75) is 45.3 Å². The maximum absolute atomic E-state index is 8.28. The van der Waals surface area contributed by atoms with Crippen molar-refractivity contribution in [3.05, 3.63) is 18.3 Å². The predicted molar refractivity (Wildman–Crippen MR) is 76.8 cm³/mol. The Morgan fingerprint density at radius 3 is 2.53 bits per heavy atom. The molecule has 2 aliphatic rings. The van der Waals surface area contributed by atoms with Gasteiger partial charge in [0.15, 0.2) is 0 Å². The molecule has 0 N–H and O–H groups in total. The van der Waals surface area contributed by atoms with E-state index in [4.69, 9.17) is 21.6 Å². The van der Waals surface area contributed by atoms with Crippen LogP contribution >= 0.6 is 0 Å². The van der Waals surface area contributed by atoms with Crippen LogP contribution in [0.3, 0.4) is 0 Å². The van der Waals surface area contributed by atoms with Gasteiger partial charge in [0.2, 0.25) is 0 Å². The lowest BCUT2D eigenvalue weighted by atomic mass is 9.80. The molecule has 0 amide bonds. The Hall–Kier alpha value is -1.07. The monoisotopic (exact) mass is 269 g/mol. The lowest BCUT2D eigenvalue weighted by Gasteiger charge is -2.32. The molecule has 1 aromatic rings. The number of rotatable bonds is 2. The number of aromatic nitrogens is 1. The van der Waals surface area contributed by atoms with Crippen molar-refractivity contribution in [3.63, 3.8) is 0 Å². The van der Waals surface area contributed by atoms with Gasteiger partial charge in [-0.25, -0.2) is 4.98 Å². The zero-order valence-electron chi connectivity index (χ0n) is 20.3. The van der Waals surface area contributed by atoms with Crippen LogP contribution in [0.5, 0.6) is 0 Å². The summed E-state index contributed by atoms with van der Waals surface area (Å²) in [4.78, 5) is 4.20. The number of hydrogen-bond donors (Lipinski definition) is 0. The second kappa shape index (κ2) is 4.22. The maximum atomic E-state index is 8.28. The van der Waals surface area contributed by atoms with Crippen molar-refractivity contribution in [3.8, 4) is 0 Å². The van der Waals surface area contributed by atoms with Crippen LogP contribution in [0.25, 0.3) is 0 Å². The van der Waals surface area contributed by atoms with E-state index in [1.807, 2.05) is 0 Å². The third-order valence-corrected chi connectivity index (χ3v) is 3.63. The van der Waals surface area contributed by atoms with E-state index in [-0.39, 0.29) is 5.46 Å². The van der Waals surface area contributed by atoms with Gasteiger partial charge in [-0.2, -0.15) is 0 Å². The Kier molecular flexibility index (Phi) is 1.36. The first-order valence-electron chi connectivity index (χ1n) is 10.5. The van der Waals surface area contributed by atoms with Gasteiger partial charge >= 0.3 is 7.12 Å². The topological polar surface area (TPSA) is 34.6 Å². The number of hydrogen-bond acceptors (Lipinski definition) is 4. The summed E-state index contributed by atoms with van der Waals surface area (Å²) in [6.07, 6.45) is -3.38. The van der Waals surface area contributed by atoms with Gasteiger partial charge in [0.05, 0.1) is 15.3 Å². The van der Waals surface area contributed by atoms with E-state index in [9.17, 15) is 0 Å². The highest BCUT2D eigenvalue weighted by Gasteiger charge is 2.51. The Balaban J connectivity index is 2.09. The van der Waals surface area contributed by atoms with Crippen LogP contribution in [0.1, 0.15) is 46.4 Å². The summed E-state index contributed by atoms with van der Waals surface area (Å²) < 4.78 is 83.1. The Morgan fingerprint density at radius 1 is 1.26 bits per heavy atom. The Morgan fingerprint density at radius 2 is 1.89 bits per heavy atom. The fraction of sp³-hybridized carbons (Fsp3) is 0.643. The molecular weight excluding hydrogens is 239 g/mol. The van der Waals surface area contributed by atoms with Crippen LogP contribution in [0.2, 0.25) is 0 Å². The minimum atomic E-state index is -2.86. The van der Waals surface area contributed by atoms with Crippen LogP contribution in [0.4, 0.5) is 5.82 Å². The van der Waals surface area contributed by atoms with Crippen LogP contribution < -0.4 is 10.4 Å². The summed E-state index contributed by atoms with van der Waals surface area (Å²) in [5, 5.41) is 0. The highest BCUT2D eigenvalue weighted by Crippen LogP contribution is 2.36. The van der Waals surface area contributed by atoms with Crippen molar-refractivity contribution < 1.29 is 21.6 Å². The molecule has 1 aromatic heterocycles. The molecule has 0 saturated carbocycles. The van der Waals surface area contributed by atoms with E-state index in [1.165, 1.54) is 0 Å². The van der Waals surface area contributed by atoms with Gasteiger partial charge in [-0.1, -0.05) is 6.04 Å². The molecule has 0 spiro atoms. The van der Waals surface area contributed by atoms with Gasteiger partial charge in [0.1, 0.15) is 5.82 Å². The second-order valence-corrected chi connectivity index (χ2v) is 5.48. The van der Waals surface area contributed by atoms with E-state index >= 15 is 0 Å². The molecule has 5 heteroatoms. The minimum Gasteiger partial charge on any atom is -0.399 e. The summed E-state index contributed by atoms with van der Waals surface area (Å²) in [6.45, 7) is 1.54. The summed E-state index contributed by atoms with van der Waals surface area (Å²) in [5.41, 5.74) is -1.61. The first kappa shape index (κ1) is 6.14. The van der Waals surface area contributed by atoms with E-state index in [0.717, 1.165) is 0 Å². The molecule has 3 heterocycles. The molecule has 0 bridgehead atoms. The molecular formula is C14H21BN2O2. The smallest absolute Gasteiger partial charge is 0.399 e. The average molecular weight is 269 g/mol. The molecule has 2 fully saturated rings. The molecule has 4 nitrogen and oxygen atoms in total. The molecule has 102 valence electrons. The van der Waals surface area contributed by atoms with Gasteiger partial charge in [-0.05, 0) is 40.1 Å². The first-order valence-corrected chi connectivity index (χ1v) is 6.04. The van der Waals surface area contributed by atoms with Crippen LogP contribution in [0, 0.1) is 0 Å². The van der Waals surface area contributed by atoms with E-state index in [2.05, 4.69) is 4.98 Å². The predicted octanol–water partition coefficient (Wildman–Crippen LogP) is 1.59. The zero-order chi connectivity index (χ0) is 21.7. The van der Waals surface area contributed by atoms with Crippen LogP contribution in [-0.4, -0.2) is 36.3 Å². The summed E-state index contributed by atoms with van der Waals surface area (Å²) in [6, 6.07) is -1.14. The maximum Gasteiger partial charge on any atom is 0.496 e. The molecule has 19 heavy (non-hydrogen) atoms. The summed E-state index contributed by atoms with van der Waals surface area (Å²) >= 11 is 0. The van der Waals surface area contributed by atoms with Gasteiger partial charge in [-0.15, -0.1) is 0 Å². The largest absolute Gasteiger partial charge is 0.496 e. The normalized spacial score (nSPS) is 39.3. The minimum absolute atomic E-state index is 0.114. The van der Waals surface area contributed by atoms with Crippen molar-refractivity contribution >= 4 is 18.4 Å². The van der Waals surface area contributed by atoms with Gasteiger partial charge in [0, 0.05) is 32.9 Å². The standard InChI is InChI=1S/C14H21BN2O2/c1-13(2)14(3,4)19-15(18-13)11-6-7-12(16-10-11)17-8-5-9-17/h6-7,10H,5,8-9H2,1-4H3/i5D2,6D,7D,8D2,9D2,10D. The first-order chi connectivity index (χ1) is 12.4. The van der Waals surface area contributed by atoms with Gasteiger partial charge in [-0.3, -0.25) is 0 Å². The van der Waals surface area contributed by atoms with E-state index in [1.54, 1.807) is 27.7 Å². The number of anilines is 1. The molecule has 0 aliphatic carbocycles. The SMILES string of the molecule is [2H]c1nc(N2C([2H])([2H])C([2H])([2H])C2([2H])[2H])c([2H])c([2H])c1B1OC(C)(C)C(C)(C)O1. The third-order valence-electron chi connectivity index (χ3n) is 3.63. The molecule has 0 unspecified atom stereocenters. The molecule has 2 saturated heterocycles. The van der Waals surface area contributed by atoms with Crippen molar-refractivity contribution in [1.29, 1.82) is 0 Å². The molecule has 0 radical (unpaired) electrons. The van der Waals surface area contributed by atoms with Gasteiger partial charge < -0.3 is 14.2 Å². The molecule has 2 aliphatic heterocycles. The highest BCUT2D eigenvalue weighted by molar-refractivity contribution is 6.62. The lowest BCUT2D eigenvalue weighted by molar-refractivity contribution is 0.00578. The highest BCUT2D eigenvalue weighted by atomic mass is 16.7. The third kappa shape index (κ3) is 2.15. The van der Waals surface area contributed by atoms with Crippen molar-refractivity contribution in [2.24, 2.45) is 0 Å². The van der Waals surface area contributed by atoms with Crippen LogP contribution in [-0.2, 0) is 9.31 Å². The number of nitrogens with zero attached hydrogens (tertiary/aromatic N) is 2. The quantitative estimate of drug-likeness (QED) is 0.764. The van der Waals surface area contributed by atoms with Crippen LogP contribution in [0.15, 0.2) is 18.3 Å². The number of pyridine rings is 1. The lowest BCUT2D eigenvalue weighted by Crippen LogP contribution is -2.41.